The molecular weight excluding hydrogens is 381 g/mol. The van der Waals surface area contributed by atoms with Gasteiger partial charge in [-0.25, -0.2) is 22.5 Å². The minimum absolute atomic E-state index is 0.0941. The lowest BCUT2D eigenvalue weighted by atomic mass is 10.0. The fourth-order valence-electron chi connectivity index (χ4n) is 2.16. The van der Waals surface area contributed by atoms with E-state index in [9.17, 15) is 17.6 Å². The molecule has 0 unspecified atom stereocenters. The van der Waals surface area contributed by atoms with Crippen molar-refractivity contribution in [2.75, 3.05) is 18.6 Å². The second-order valence-electron chi connectivity index (χ2n) is 5.60. The van der Waals surface area contributed by atoms with Crippen LogP contribution in [0.2, 0.25) is 0 Å². The standard InChI is InChI=1S/C15H20FN5O3S2/c1-10-18-15(20-19-10)25-8-7-17-14(22)9-13(21-26(2,23)24)11-3-5-12(16)6-4-11/h3-6,13,21H,7-9H2,1-2H3,(H,17,22)(H,18,19,20)/t13-/m0/s1. The summed E-state index contributed by atoms with van der Waals surface area (Å²) in [6, 6.07) is 4.58. The molecule has 0 fully saturated rings. The molecule has 1 heterocycles. The van der Waals surface area contributed by atoms with Crippen LogP contribution in [-0.4, -0.2) is 48.1 Å². The highest BCUT2D eigenvalue weighted by Gasteiger charge is 2.19. The molecule has 2 rings (SSSR count). The molecule has 1 atom stereocenters. The van der Waals surface area contributed by atoms with E-state index in [1.807, 2.05) is 0 Å². The zero-order chi connectivity index (χ0) is 19.2. The van der Waals surface area contributed by atoms with Crippen molar-refractivity contribution in [2.24, 2.45) is 0 Å². The quantitative estimate of drug-likeness (QED) is 0.429. The van der Waals surface area contributed by atoms with Crippen molar-refractivity contribution in [3.8, 4) is 0 Å². The predicted molar refractivity (Wildman–Crippen MR) is 96.6 cm³/mol. The van der Waals surface area contributed by atoms with Gasteiger partial charge in [-0.2, -0.15) is 0 Å². The van der Waals surface area contributed by atoms with Gasteiger partial charge < -0.3 is 5.32 Å². The zero-order valence-electron chi connectivity index (χ0n) is 14.3. The van der Waals surface area contributed by atoms with E-state index >= 15 is 0 Å². The smallest absolute Gasteiger partial charge is 0.221 e. The van der Waals surface area contributed by atoms with Crippen molar-refractivity contribution in [1.82, 2.24) is 25.2 Å². The van der Waals surface area contributed by atoms with Crippen LogP contribution < -0.4 is 10.0 Å². The van der Waals surface area contributed by atoms with Gasteiger partial charge in [0.1, 0.15) is 11.6 Å². The Kier molecular flexibility index (Phi) is 7.12. The van der Waals surface area contributed by atoms with Crippen LogP contribution in [0.4, 0.5) is 4.39 Å². The number of thioether (sulfide) groups is 1. The van der Waals surface area contributed by atoms with E-state index in [1.165, 1.54) is 36.0 Å². The molecule has 1 aromatic carbocycles. The third-order valence-electron chi connectivity index (χ3n) is 3.25. The lowest BCUT2D eigenvalue weighted by molar-refractivity contribution is -0.121. The van der Waals surface area contributed by atoms with Gasteiger partial charge >= 0.3 is 0 Å². The van der Waals surface area contributed by atoms with E-state index in [0.717, 1.165) is 6.26 Å². The number of aryl methyl sites for hydroxylation is 1. The van der Waals surface area contributed by atoms with E-state index in [4.69, 9.17) is 0 Å². The Labute approximate surface area is 155 Å². The number of H-pyrrole nitrogens is 1. The van der Waals surface area contributed by atoms with Gasteiger partial charge in [-0.15, -0.1) is 5.10 Å². The number of amides is 1. The average Bonchev–Trinajstić information content (AvgIpc) is 2.96. The number of carbonyl (C=O) groups is 1. The van der Waals surface area contributed by atoms with Crippen LogP contribution in [0, 0.1) is 12.7 Å². The van der Waals surface area contributed by atoms with Crippen LogP contribution in [0.5, 0.6) is 0 Å². The van der Waals surface area contributed by atoms with Crippen molar-refractivity contribution in [2.45, 2.75) is 24.5 Å². The van der Waals surface area contributed by atoms with Gasteiger partial charge in [-0.3, -0.25) is 9.89 Å². The molecule has 26 heavy (non-hydrogen) atoms. The molecule has 2 aromatic rings. The number of aromatic amines is 1. The number of hydrogen-bond acceptors (Lipinski definition) is 6. The van der Waals surface area contributed by atoms with Crippen molar-refractivity contribution < 1.29 is 17.6 Å². The second-order valence-corrected chi connectivity index (χ2v) is 8.44. The highest BCUT2D eigenvalue weighted by Crippen LogP contribution is 2.18. The van der Waals surface area contributed by atoms with Gasteiger partial charge in [0.05, 0.1) is 12.3 Å². The third-order valence-corrected chi connectivity index (χ3v) is 4.81. The highest BCUT2D eigenvalue weighted by molar-refractivity contribution is 7.99. The molecule has 0 aliphatic heterocycles. The summed E-state index contributed by atoms with van der Waals surface area (Å²) in [6.07, 6.45) is 0.917. The lowest BCUT2D eigenvalue weighted by Crippen LogP contribution is -2.34. The molecule has 11 heteroatoms. The Morgan fingerprint density at radius 1 is 1.35 bits per heavy atom. The maximum absolute atomic E-state index is 13.1. The maximum Gasteiger partial charge on any atom is 0.221 e. The first-order chi connectivity index (χ1) is 12.2. The van der Waals surface area contributed by atoms with Crippen LogP contribution in [-0.2, 0) is 14.8 Å². The van der Waals surface area contributed by atoms with Crippen LogP contribution in [0.15, 0.2) is 29.4 Å². The normalized spacial score (nSPS) is 12.7. The first-order valence-electron chi connectivity index (χ1n) is 7.74. The first kappa shape index (κ1) is 20.3. The number of nitrogens with one attached hydrogen (secondary N) is 3. The number of benzene rings is 1. The van der Waals surface area contributed by atoms with Crippen molar-refractivity contribution in [1.29, 1.82) is 0 Å². The highest BCUT2D eigenvalue weighted by atomic mass is 32.2. The molecule has 8 nitrogen and oxygen atoms in total. The van der Waals surface area contributed by atoms with E-state index in [1.54, 1.807) is 6.92 Å². The van der Waals surface area contributed by atoms with Crippen LogP contribution in [0.3, 0.4) is 0 Å². The third kappa shape index (κ3) is 7.10. The monoisotopic (exact) mass is 401 g/mol. The molecule has 0 radical (unpaired) electrons. The molecule has 1 aromatic heterocycles. The van der Waals surface area contributed by atoms with Crippen LogP contribution >= 0.6 is 11.8 Å². The molecular formula is C15H20FN5O3S2. The summed E-state index contributed by atoms with van der Waals surface area (Å²) in [6.45, 7) is 2.18. The van der Waals surface area contributed by atoms with Gasteiger partial charge in [-0.05, 0) is 24.6 Å². The van der Waals surface area contributed by atoms with E-state index in [2.05, 4.69) is 25.2 Å². The van der Waals surface area contributed by atoms with Gasteiger partial charge in [0.25, 0.3) is 0 Å². The average molecular weight is 401 g/mol. The topological polar surface area (TPSA) is 117 Å². The summed E-state index contributed by atoms with van der Waals surface area (Å²) in [7, 11) is -3.53. The molecule has 0 aliphatic rings. The van der Waals surface area contributed by atoms with Crippen LogP contribution in [0.25, 0.3) is 0 Å². The summed E-state index contributed by atoms with van der Waals surface area (Å²) in [5.74, 6) is 0.535. The Morgan fingerprint density at radius 2 is 2.04 bits per heavy atom. The molecule has 1 amide bonds. The van der Waals surface area contributed by atoms with Crippen molar-refractivity contribution in [3.05, 3.63) is 41.5 Å². The van der Waals surface area contributed by atoms with Gasteiger partial charge in [0.2, 0.25) is 21.1 Å². The largest absolute Gasteiger partial charge is 0.355 e. The predicted octanol–water partition coefficient (Wildman–Crippen LogP) is 1.14. The number of rotatable bonds is 9. The van der Waals surface area contributed by atoms with Crippen molar-refractivity contribution >= 4 is 27.7 Å². The summed E-state index contributed by atoms with van der Waals surface area (Å²) in [4.78, 5) is 16.3. The summed E-state index contributed by atoms with van der Waals surface area (Å²) >= 11 is 1.39. The summed E-state index contributed by atoms with van der Waals surface area (Å²) in [5, 5.41) is 10.0. The lowest BCUT2D eigenvalue weighted by Gasteiger charge is -2.17. The number of halogens is 1. The Morgan fingerprint density at radius 3 is 2.62 bits per heavy atom. The minimum Gasteiger partial charge on any atom is -0.355 e. The summed E-state index contributed by atoms with van der Waals surface area (Å²) < 4.78 is 38.6. The van der Waals surface area contributed by atoms with Gasteiger partial charge in [0, 0.05) is 18.7 Å². The maximum atomic E-state index is 13.1. The minimum atomic E-state index is -3.53. The molecule has 0 spiro atoms. The SMILES string of the molecule is Cc1nc(SCCNC(=O)C[C@H](NS(C)(=O)=O)c2ccc(F)cc2)n[nH]1. The Bertz CT molecular complexity index is 839. The molecule has 0 bridgehead atoms. The van der Waals surface area contributed by atoms with E-state index < -0.39 is 21.9 Å². The molecule has 142 valence electrons. The molecule has 0 saturated heterocycles. The van der Waals surface area contributed by atoms with Gasteiger partial charge in [0.15, 0.2) is 0 Å². The Hall–Kier alpha value is -1.98. The number of carbonyl (C=O) groups excluding carboxylic acids is 1. The van der Waals surface area contributed by atoms with E-state index in [0.29, 0.717) is 28.8 Å². The van der Waals surface area contributed by atoms with Gasteiger partial charge in [-0.1, -0.05) is 23.9 Å². The summed E-state index contributed by atoms with van der Waals surface area (Å²) in [5.41, 5.74) is 0.512. The first-order valence-corrected chi connectivity index (χ1v) is 10.6. The fourth-order valence-corrected chi connectivity index (χ4v) is 3.59. The number of aromatic nitrogens is 3. The number of sulfonamides is 1. The number of nitrogens with zero attached hydrogens (tertiary/aromatic N) is 2. The number of hydrogen-bond donors (Lipinski definition) is 3. The second kappa shape index (κ2) is 9.10. The van der Waals surface area contributed by atoms with Crippen LogP contribution in [0.1, 0.15) is 23.9 Å². The molecule has 0 saturated carbocycles. The zero-order valence-corrected chi connectivity index (χ0v) is 16.0. The fraction of sp³-hybridized carbons (Fsp3) is 0.400. The molecule has 3 N–H and O–H groups in total. The van der Waals surface area contributed by atoms with Crippen molar-refractivity contribution in [3.63, 3.8) is 0 Å². The molecule has 0 aliphatic carbocycles. The Balaban J connectivity index is 1.87. The van der Waals surface area contributed by atoms with E-state index in [-0.39, 0.29) is 12.3 Å².